The molecule has 1 aliphatic heterocycles. The molecule has 2 heterocycles. The van der Waals surface area contributed by atoms with Crippen LogP contribution in [-0.2, 0) is 14.6 Å². The summed E-state index contributed by atoms with van der Waals surface area (Å²) in [6.45, 7) is 7.66. The Morgan fingerprint density at radius 1 is 1.23 bits per heavy atom. The molecule has 1 fully saturated rings. The average molecular weight is 451 g/mol. The summed E-state index contributed by atoms with van der Waals surface area (Å²) in [4.78, 5) is 20.6. The summed E-state index contributed by atoms with van der Waals surface area (Å²) in [6.07, 6.45) is 2.65. The van der Waals surface area contributed by atoms with Crippen LogP contribution in [0.25, 0.3) is 11.4 Å². The molecule has 1 amide bonds. The summed E-state index contributed by atoms with van der Waals surface area (Å²) < 4.78 is 34.0. The lowest BCUT2D eigenvalue weighted by Crippen LogP contribution is -2.43. The van der Waals surface area contributed by atoms with Crippen molar-refractivity contribution in [3.05, 3.63) is 24.3 Å². The molecule has 0 radical (unpaired) electrons. The molecule has 2 aromatic rings. The lowest BCUT2D eigenvalue weighted by molar-refractivity contribution is 0.0186. The third-order valence-electron chi connectivity index (χ3n) is 5.08. The average Bonchev–Trinajstić information content (AvgIpc) is 3.17. The van der Waals surface area contributed by atoms with Crippen molar-refractivity contribution in [2.45, 2.75) is 44.1 Å². The van der Waals surface area contributed by atoms with Gasteiger partial charge < -0.3 is 19.1 Å². The normalized spacial score (nSPS) is 15.7. The number of anilines is 1. The van der Waals surface area contributed by atoms with Gasteiger partial charge in [0.25, 0.3) is 0 Å². The topological polar surface area (TPSA) is 106 Å². The standard InChI is InChI=1S/C21H30N4O5S/c1-21(2,3)29-20(26)25-12-10-15(11-13-25)14-24(4)19-22-18(23-30-19)16-6-8-17(9-7-16)31(5,27)28/h6-9,15H,10-14H2,1-5H3. The highest BCUT2D eigenvalue weighted by atomic mass is 32.2. The number of piperidine rings is 1. The van der Waals surface area contributed by atoms with Crippen molar-refractivity contribution >= 4 is 21.9 Å². The van der Waals surface area contributed by atoms with Crippen LogP contribution in [0, 0.1) is 5.92 Å². The summed E-state index contributed by atoms with van der Waals surface area (Å²) in [6, 6.07) is 6.79. The Kier molecular flexibility index (Phi) is 6.59. The fourth-order valence-corrected chi connectivity index (χ4v) is 4.06. The van der Waals surface area contributed by atoms with Crippen LogP contribution in [0.4, 0.5) is 10.8 Å². The molecule has 0 atom stereocenters. The van der Waals surface area contributed by atoms with E-state index in [2.05, 4.69) is 10.1 Å². The minimum atomic E-state index is -3.25. The van der Waals surface area contributed by atoms with Crippen molar-refractivity contribution in [2.24, 2.45) is 5.92 Å². The number of rotatable bonds is 5. The van der Waals surface area contributed by atoms with Crippen molar-refractivity contribution in [1.82, 2.24) is 15.0 Å². The number of carbonyl (C=O) groups excluding carboxylic acids is 1. The van der Waals surface area contributed by atoms with E-state index in [1.807, 2.05) is 32.7 Å². The van der Waals surface area contributed by atoms with E-state index in [0.717, 1.165) is 19.4 Å². The lowest BCUT2D eigenvalue weighted by Gasteiger charge is -2.34. The van der Waals surface area contributed by atoms with Gasteiger partial charge in [-0.05, 0) is 63.8 Å². The molecule has 0 N–H and O–H groups in total. The third-order valence-corrected chi connectivity index (χ3v) is 6.21. The summed E-state index contributed by atoms with van der Waals surface area (Å²) in [5.74, 6) is 0.801. The fraction of sp³-hybridized carbons (Fsp3) is 0.571. The van der Waals surface area contributed by atoms with E-state index in [-0.39, 0.29) is 11.0 Å². The molecular weight excluding hydrogens is 420 g/mol. The SMILES string of the molecule is CN(CC1CCN(C(=O)OC(C)(C)C)CC1)c1nc(-c2ccc(S(C)(=O)=O)cc2)no1. The van der Waals surface area contributed by atoms with Gasteiger partial charge in [0.1, 0.15) is 5.60 Å². The van der Waals surface area contributed by atoms with E-state index >= 15 is 0 Å². The molecule has 170 valence electrons. The molecule has 1 aromatic carbocycles. The van der Waals surface area contributed by atoms with Gasteiger partial charge in [-0.15, -0.1) is 0 Å². The number of likely N-dealkylation sites (tertiary alicyclic amines) is 1. The molecule has 0 spiro atoms. The molecule has 10 heteroatoms. The summed E-state index contributed by atoms with van der Waals surface area (Å²) in [7, 11) is -1.36. The zero-order valence-electron chi connectivity index (χ0n) is 18.7. The number of sulfone groups is 1. The number of carbonyl (C=O) groups is 1. The van der Waals surface area contributed by atoms with Crippen molar-refractivity contribution in [2.75, 3.05) is 37.8 Å². The third kappa shape index (κ3) is 6.19. The first-order valence-electron chi connectivity index (χ1n) is 10.3. The van der Waals surface area contributed by atoms with Crippen LogP contribution in [-0.4, -0.2) is 68.1 Å². The van der Waals surface area contributed by atoms with E-state index in [4.69, 9.17) is 9.26 Å². The Bertz CT molecular complexity index is 1000. The number of hydrogen-bond acceptors (Lipinski definition) is 8. The molecule has 3 rings (SSSR count). The molecule has 0 bridgehead atoms. The van der Waals surface area contributed by atoms with E-state index in [1.54, 1.807) is 17.0 Å². The first-order valence-corrected chi connectivity index (χ1v) is 12.1. The van der Waals surface area contributed by atoms with Gasteiger partial charge in [0.05, 0.1) is 4.90 Å². The Hall–Kier alpha value is -2.62. The Balaban J connectivity index is 1.55. The van der Waals surface area contributed by atoms with Crippen LogP contribution >= 0.6 is 0 Å². The van der Waals surface area contributed by atoms with Gasteiger partial charge >= 0.3 is 12.1 Å². The minimum absolute atomic E-state index is 0.245. The molecule has 1 aliphatic rings. The number of ether oxygens (including phenoxy) is 1. The second-order valence-corrected chi connectivity index (χ2v) is 11.0. The van der Waals surface area contributed by atoms with E-state index in [1.165, 1.54) is 18.4 Å². The zero-order chi connectivity index (χ0) is 22.8. The number of amides is 1. The van der Waals surface area contributed by atoms with Gasteiger partial charge in [0.15, 0.2) is 9.84 Å². The molecule has 1 saturated heterocycles. The van der Waals surface area contributed by atoms with Crippen LogP contribution in [0.1, 0.15) is 33.6 Å². The van der Waals surface area contributed by atoms with Crippen LogP contribution in [0.15, 0.2) is 33.7 Å². The molecule has 31 heavy (non-hydrogen) atoms. The van der Waals surface area contributed by atoms with Crippen LogP contribution in [0.2, 0.25) is 0 Å². The maximum atomic E-state index is 12.2. The van der Waals surface area contributed by atoms with E-state index in [0.29, 0.717) is 36.4 Å². The van der Waals surface area contributed by atoms with Crippen LogP contribution < -0.4 is 4.90 Å². The predicted octanol–water partition coefficient (Wildman–Crippen LogP) is 3.22. The second kappa shape index (κ2) is 8.86. The molecular formula is C21H30N4O5S. The van der Waals surface area contributed by atoms with Gasteiger partial charge in [0, 0.05) is 38.5 Å². The molecule has 0 saturated carbocycles. The van der Waals surface area contributed by atoms with Crippen molar-refractivity contribution in [3.63, 3.8) is 0 Å². The number of hydrogen-bond donors (Lipinski definition) is 0. The Morgan fingerprint density at radius 3 is 2.39 bits per heavy atom. The molecule has 0 aliphatic carbocycles. The van der Waals surface area contributed by atoms with Crippen LogP contribution in [0.3, 0.4) is 0 Å². The molecule has 1 aromatic heterocycles. The monoisotopic (exact) mass is 450 g/mol. The Morgan fingerprint density at radius 2 is 1.84 bits per heavy atom. The van der Waals surface area contributed by atoms with Gasteiger partial charge in [-0.3, -0.25) is 0 Å². The maximum Gasteiger partial charge on any atom is 0.410 e. The molecule has 0 unspecified atom stereocenters. The lowest BCUT2D eigenvalue weighted by atomic mass is 9.96. The van der Waals surface area contributed by atoms with Crippen LogP contribution in [0.5, 0.6) is 0 Å². The minimum Gasteiger partial charge on any atom is -0.444 e. The van der Waals surface area contributed by atoms with Crippen molar-refractivity contribution < 1.29 is 22.5 Å². The fourth-order valence-electron chi connectivity index (χ4n) is 3.43. The summed E-state index contributed by atoms with van der Waals surface area (Å²) in [5.41, 5.74) is 0.191. The van der Waals surface area contributed by atoms with E-state index < -0.39 is 15.4 Å². The zero-order valence-corrected chi connectivity index (χ0v) is 19.5. The summed E-state index contributed by atoms with van der Waals surface area (Å²) in [5, 5.41) is 4.02. The van der Waals surface area contributed by atoms with E-state index in [9.17, 15) is 13.2 Å². The van der Waals surface area contributed by atoms with Crippen molar-refractivity contribution in [3.8, 4) is 11.4 Å². The quantitative estimate of drug-likeness (QED) is 0.684. The largest absolute Gasteiger partial charge is 0.444 e. The maximum absolute atomic E-state index is 12.2. The first-order chi connectivity index (χ1) is 14.4. The highest BCUT2D eigenvalue weighted by Crippen LogP contribution is 2.24. The highest BCUT2D eigenvalue weighted by molar-refractivity contribution is 7.90. The highest BCUT2D eigenvalue weighted by Gasteiger charge is 2.28. The molecule has 9 nitrogen and oxygen atoms in total. The number of benzene rings is 1. The van der Waals surface area contributed by atoms with Crippen molar-refractivity contribution in [1.29, 1.82) is 0 Å². The number of nitrogens with zero attached hydrogens (tertiary/aromatic N) is 4. The smallest absolute Gasteiger partial charge is 0.410 e. The second-order valence-electron chi connectivity index (χ2n) is 8.99. The predicted molar refractivity (Wildman–Crippen MR) is 117 cm³/mol. The van der Waals surface area contributed by atoms with Gasteiger partial charge in [0.2, 0.25) is 5.82 Å². The van der Waals surface area contributed by atoms with Gasteiger partial charge in [-0.1, -0.05) is 5.16 Å². The summed E-state index contributed by atoms with van der Waals surface area (Å²) >= 11 is 0. The van der Waals surface area contributed by atoms with Gasteiger partial charge in [-0.25, -0.2) is 13.2 Å². The Labute approximate surface area is 183 Å². The van der Waals surface area contributed by atoms with Gasteiger partial charge in [-0.2, -0.15) is 4.98 Å². The first kappa shape index (κ1) is 23.1. The number of aromatic nitrogens is 2.